The lowest BCUT2D eigenvalue weighted by Gasteiger charge is -2.33. The van der Waals surface area contributed by atoms with E-state index in [0.29, 0.717) is 23.6 Å². The Labute approximate surface area is 128 Å². The monoisotopic (exact) mass is 305 g/mol. The average Bonchev–Trinajstić information content (AvgIpc) is 2.84. The summed E-state index contributed by atoms with van der Waals surface area (Å²) >= 11 is 0. The summed E-state index contributed by atoms with van der Waals surface area (Å²) in [6.45, 7) is 2.98. The van der Waals surface area contributed by atoms with E-state index in [1.807, 2.05) is 0 Å². The van der Waals surface area contributed by atoms with Gasteiger partial charge in [-0.25, -0.2) is 0 Å². The second kappa shape index (κ2) is 5.55. The summed E-state index contributed by atoms with van der Waals surface area (Å²) in [6.07, 6.45) is 4.58. The lowest BCUT2D eigenvalue weighted by atomic mass is 9.80. The van der Waals surface area contributed by atoms with Crippen LogP contribution in [0.3, 0.4) is 0 Å². The Morgan fingerprint density at radius 3 is 2.55 bits per heavy atom. The lowest BCUT2D eigenvalue weighted by molar-refractivity contribution is -0.393. The molecule has 0 aromatic heterocycles. The Bertz CT molecular complexity index is 619. The maximum atomic E-state index is 11.4. The van der Waals surface area contributed by atoms with Crippen LogP contribution >= 0.6 is 0 Å². The van der Waals surface area contributed by atoms with E-state index in [4.69, 9.17) is 0 Å². The van der Waals surface area contributed by atoms with Crippen LogP contribution in [0.5, 0.6) is 0 Å². The third-order valence-electron chi connectivity index (χ3n) is 5.07. The predicted molar refractivity (Wildman–Crippen MR) is 82.0 cm³/mol. The number of non-ortho nitro benzene ring substituents is 1. The third-order valence-corrected chi connectivity index (χ3v) is 5.07. The van der Waals surface area contributed by atoms with Crippen LogP contribution in [0.4, 0.5) is 17.1 Å². The molecule has 1 heterocycles. The van der Waals surface area contributed by atoms with Gasteiger partial charge in [-0.15, -0.1) is 0 Å². The maximum Gasteiger partial charge on any atom is 0.299 e. The first-order valence-corrected chi connectivity index (χ1v) is 7.68. The molecule has 1 saturated heterocycles. The summed E-state index contributed by atoms with van der Waals surface area (Å²) < 4.78 is 0. The van der Waals surface area contributed by atoms with Crippen molar-refractivity contribution in [3.8, 4) is 0 Å². The Morgan fingerprint density at radius 1 is 1.14 bits per heavy atom. The number of fused-ring (bicyclic) bond motifs is 1. The quantitative estimate of drug-likeness (QED) is 0.629. The molecule has 0 radical (unpaired) electrons. The van der Waals surface area contributed by atoms with Crippen molar-refractivity contribution in [3.63, 3.8) is 0 Å². The number of hydrogen-bond acceptors (Lipinski definition) is 5. The van der Waals surface area contributed by atoms with E-state index in [1.165, 1.54) is 18.9 Å². The summed E-state index contributed by atoms with van der Waals surface area (Å²) in [5.74, 6) is 1.07. The van der Waals surface area contributed by atoms with Crippen molar-refractivity contribution in [3.05, 3.63) is 38.4 Å². The van der Waals surface area contributed by atoms with Gasteiger partial charge in [-0.3, -0.25) is 20.2 Å². The molecule has 1 saturated carbocycles. The molecule has 0 bridgehead atoms. The lowest BCUT2D eigenvalue weighted by Crippen LogP contribution is -2.35. The fraction of sp³-hybridized carbons (Fsp3) is 0.600. The Kier molecular flexibility index (Phi) is 3.72. The van der Waals surface area contributed by atoms with Crippen LogP contribution in [0.15, 0.2) is 18.2 Å². The van der Waals surface area contributed by atoms with Gasteiger partial charge < -0.3 is 4.90 Å². The van der Waals surface area contributed by atoms with Crippen LogP contribution in [0.2, 0.25) is 0 Å². The van der Waals surface area contributed by atoms with Gasteiger partial charge >= 0.3 is 0 Å². The first-order chi connectivity index (χ1) is 10.5. The topological polar surface area (TPSA) is 89.5 Å². The predicted octanol–water partition coefficient (Wildman–Crippen LogP) is 3.52. The van der Waals surface area contributed by atoms with E-state index in [2.05, 4.69) is 11.8 Å². The first kappa shape index (κ1) is 14.7. The van der Waals surface area contributed by atoms with Crippen molar-refractivity contribution in [1.82, 2.24) is 0 Å². The van der Waals surface area contributed by atoms with Gasteiger partial charge in [0.1, 0.15) is 5.69 Å². The molecule has 1 aromatic carbocycles. The second-order valence-corrected chi connectivity index (χ2v) is 6.33. The highest BCUT2D eigenvalue weighted by Gasteiger charge is 2.42. The zero-order valence-electron chi connectivity index (χ0n) is 12.5. The molecule has 1 aromatic rings. The van der Waals surface area contributed by atoms with Gasteiger partial charge in [0, 0.05) is 18.7 Å². The number of anilines is 1. The minimum atomic E-state index is -0.590. The Balaban J connectivity index is 2.00. The Hall–Kier alpha value is -2.18. The van der Waals surface area contributed by atoms with Crippen molar-refractivity contribution < 1.29 is 9.85 Å². The molecule has 7 heteroatoms. The zero-order valence-corrected chi connectivity index (χ0v) is 12.5. The summed E-state index contributed by atoms with van der Waals surface area (Å²) in [4.78, 5) is 23.2. The van der Waals surface area contributed by atoms with Gasteiger partial charge in [0.2, 0.25) is 0 Å². The van der Waals surface area contributed by atoms with Gasteiger partial charge in [0.05, 0.1) is 15.9 Å². The number of benzene rings is 1. The number of rotatable bonds is 3. The van der Waals surface area contributed by atoms with Crippen molar-refractivity contribution >= 4 is 17.1 Å². The van der Waals surface area contributed by atoms with E-state index >= 15 is 0 Å². The average molecular weight is 305 g/mol. The number of nitro groups is 2. The van der Waals surface area contributed by atoms with Crippen molar-refractivity contribution in [2.45, 2.75) is 38.6 Å². The normalized spacial score (nSPS) is 27.5. The van der Waals surface area contributed by atoms with Gasteiger partial charge in [-0.2, -0.15) is 0 Å². The molecule has 22 heavy (non-hydrogen) atoms. The minimum Gasteiger partial charge on any atom is -0.362 e. The zero-order chi connectivity index (χ0) is 15.9. The SMILES string of the molecule is CC1CN(c2ccc([N+](=O)[O-])cc2[N+](=O)[O-])C2CCCCC12. The van der Waals surface area contributed by atoms with Crippen LogP contribution in [0, 0.1) is 32.1 Å². The Morgan fingerprint density at radius 2 is 1.86 bits per heavy atom. The second-order valence-electron chi connectivity index (χ2n) is 6.33. The first-order valence-electron chi connectivity index (χ1n) is 7.68. The molecule has 0 N–H and O–H groups in total. The van der Waals surface area contributed by atoms with E-state index in [9.17, 15) is 20.2 Å². The fourth-order valence-corrected chi connectivity index (χ4v) is 4.06. The van der Waals surface area contributed by atoms with Crippen LogP contribution in [0.1, 0.15) is 32.6 Å². The molecule has 3 atom stereocenters. The van der Waals surface area contributed by atoms with Crippen LogP contribution in [0.25, 0.3) is 0 Å². The molecule has 3 unspecified atom stereocenters. The summed E-state index contributed by atoms with van der Waals surface area (Å²) in [5, 5.41) is 22.2. The molecule has 2 fully saturated rings. The third kappa shape index (κ3) is 2.40. The summed E-state index contributed by atoms with van der Waals surface area (Å²) in [7, 11) is 0. The number of nitro benzene ring substituents is 2. The van der Waals surface area contributed by atoms with Crippen LogP contribution < -0.4 is 4.90 Å². The van der Waals surface area contributed by atoms with Gasteiger partial charge in [-0.05, 0) is 30.7 Å². The summed E-state index contributed by atoms with van der Waals surface area (Å²) in [6, 6.07) is 4.31. The molecule has 0 amide bonds. The van der Waals surface area contributed by atoms with Crippen molar-refractivity contribution in [2.24, 2.45) is 11.8 Å². The highest BCUT2D eigenvalue weighted by molar-refractivity contribution is 5.68. The molecular formula is C15H19N3O4. The molecule has 1 aliphatic heterocycles. The highest BCUT2D eigenvalue weighted by atomic mass is 16.6. The van der Waals surface area contributed by atoms with Crippen molar-refractivity contribution in [2.75, 3.05) is 11.4 Å². The largest absolute Gasteiger partial charge is 0.362 e. The molecule has 3 rings (SSSR count). The smallest absolute Gasteiger partial charge is 0.299 e. The van der Waals surface area contributed by atoms with Gasteiger partial charge in [0.15, 0.2) is 0 Å². The van der Waals surface area contributed by atoms with Crippen molar-refractivity contribution in [1.29, 1.82) is 0 Å². The van der Waals surface area contributed by atoms with E-state index < -0.39 is 9.85 Å². The van der Waals surface area contributed by atoms with E-state index in [1.54, 1.807) is 6.07 Å². The molecular weight excluding hydrogens is 286 g/mol. The molecule has 2 aliphatic rings. The summed E-state index contributed by atoms with van der Waals surface area (Å²) in [5.41, 5.74) is 0.132. The molecule has 0 spiro atoms. The number of hydrogen-bond donors (Lipinski definition) is 0. The fourth-order valence-electron chi connectivity index (χ4n) is 4.06. The maximum absolute atomic E-state index is 11.4. The van der Waals surface area contributed by atoms with Gasteiger partial charge in [-0.1, -0.05) is 19.8 Å². The van der Waals surface area contributed by atoms with Crippen LogP contribution in [-0.4, -0.2) is 22.4 Å². The number of nitrogens with zero attached hydrogens (tertiary/aromatic N) is 3. The minimum absolute atomic E-state index is 0.160. The molecule has 118 valence electrons. The highest BCUT2D eigenvalue weighted by Crippen LogP contribution is 2.44. The molecule has 7 nitrogen and oxygen atoms in total. The van der Waals surface area contributed by atoms with E-state index in [0.717, 1.165) is 25.5 Å². The molecule has 1 aliphatic carbocycles. The van der Waals surface area contributed by atoms with Crippen LogP contribution in [-0.2, 0) is 0 Å². The van der Waals surface area contributed by atoms with Gasteiger partial charge in [0.25, 0.3) is 11.4 Å². The van der Waals surface area contributed by atoms with E-state index in [-0.39, 0.29) is 11.4 Å². The standard InChI is InChI=1S/C15H19N3O4/c1-10-9-16(13-5-3-2-4-12(10)13)14-7-6-11(17(19)20)8-15(14)18(21)22/h6-8,10,12-13H,2-5,9H2,1H3.